The van der Waals surface area contributed by atoms with Crippen molar-refractivity contribution < 1.29 is 19.0 Å². The number of hydrogen-bond acceptors (Lipinski definition) is 4. The van der Waals surface area contributed by atoms with Crippen LogP contribution in [0.3, 0.4) is 0 Å². The largest absolute Gasteiger partial charge is 0.493 e. The van der Waals surface area contributed by atoms with E-state index >= 15 is 0 Å². The molecular formula is C21H24N2O4. The molecule has 2 N–H and O–H groups in total. The van der Waals surface area contributed by atoms with Crippen molar-refractivity contribution in [3.05, 3.63) is 53.7 Å². The summed E-state index contributed by atoms with van der Waals surface area (Å²) in [6.07, 6.45) is 3.06. The molecule has 6 nitrogen and oxygen atoms in total. The topological polar surface area (TPSA) is 72.6 Å². The molecule has 0 atom stereocenters. The van der Waals surface area contributed by atoms with E-state index in [-0.39, 0.29) is 5.91 Å². The monoisotopic (exact) mass is 368 g/mol. The molecule has 0 bridgehead atoms. The molecule has 1 aromatic heterocycles. The Morgan fingerprint density at radius 2 is 1.74 bits per heavy atom. The summed E-state index contributed by atoms with van der Waals surface area (Å²) in [5, 5.41) is 4.11. The molecule has 0 aliphatic heterocycles. The number of benzene rings is 2. The number of fused-ring (bicyclic) bond motifs is 1. The Hall–Kier alpha value is -3.15. The summed E-state index contributed by atoms with van der Waals surface area (Å²) < 4.78 is 16.1. The summed E-state index contributed by atoms with van der Waals surface area (Å²) in [5.74, 6) is 1.65. The third-order valence-corrected chi connectivity index (χ3v) is 4.56. The Kier molecular flexibility index (Phi) is 5.86. The van der Waals surface area contributed by atoms with Crippen LogP contribution >= 0.6 is 0 Å². The molecule has 142 valence electrons. The van der Waals surface area contributed by atoms with E-state index in [1.165, 1.54) is 0 Å². The van der Waals surface area contributed by atoms with Crippen LogP contribution in [0.2, 0.25) is 0 Å². The number of aromatic amines is 1. The van der Waals surface area contributed by atoms with E-state index in [2.05, 4.69) is 16.4 Å². The first-order chi connectivity index (χ1) is 13.2. The standard InChI is InChI=1S/C21H24N2O4/c1-25-18-10-8-15(20(26-2)21(18)27-3)13-23-19(24)11-9-14-12-22-17-7-5-4-6-16(14)17/h4-8,10,12,22H,9,11,13H2,1-3H3,(H,23,24). The average Bonchev–Trinajstić information content (AvgIpc) is 3.12. The van der Waals surface area contributed by atoms with Gasteiger partial charge in [0.2, 0.25) is 11.7 Å². The third kappa shape index (κ3) is 4.00. The van der Waals surface area contributed by atoms with E-state index in [4.69, 9.17) is 14.2 Å². The Balaban J connectivity index is 1.62. The van der Waals surface area contributed by atoms with Gasteiger partial charge >= 0.3 is 0 Å². The van der Waals surface area contributed by atoms with Gasteiger partial charge in [0.25, 0.3) is 0 Å². The first-order valence-corrected chi connectivity index (χ1v) is 8.77. The number of aryl methyl sites for hydroxylation is 1. The van der Waals surface area contributed by atoms with Gasteiger partial charge in [0.15, 0.2) is 11.5 Å². The number of aromatic nitrogens is 1. The highest BCUT2D eigenvalue weighted by Gasteiger charge is 2.16. The summed E-state index contributed by atoms with van der Waals surface area (Å²) in [7, 11) is 4.70. The fraction of sp³-hybridized carbons (Fsp3) is 0.286. The zero-order valence-corrected chi connectivity index (χ0v) is 15.8. The molecule has 6 heteroatoms. The predicted molar refractivity (Wildman–Crippen MR) is 105 cm³/mol. The minimum atomic E-state index is -0.0166. The van der Waals surface area contributed by atoms with Gasteiger partial charge in [-0.05, 0) is 30.2 Å². The fourth-order valence-electron chi connectivity index (χ4n) is 3.17. The molecule has 0 unspecified atom stereocenters. The molecule has 0 radical (unpaired) electrons. The first kappa shape index (κ1) is 18.6. The van der Waals surface area contributed by atoms with E-state index in [1.807, 2.05) is 30.5 Å². The number of amides is 1. The van der Waals surface area contributed by atoms with Crippen LogP contribution in [-0.4, -0.2) is 32.2 Å². The van der Waals surface area contributed by atoms with Crippen molar-refractivity contribution in [2.45, 2.75) is 19.4 Å². The lowest BCUT2D eigenvalue weighted by molar-refractivity contribution is -0.121. The first-order valence-electron chi connectivity index (χ1n) is 8.77. The van der Waals surface area contributed by atoms with Crippen LogP contribution in [0.5, 0.6) is 17.2 Å². The van der Waals surface area contributed by atoms with E-state index in [9.17, 15) is 4.79 Å². The maximum Gasteiger partial charge on any atom is 0.220 e. The maximum absolute atomic E-state index is 12.3. The molecule has 1 amide bonds. The van der Waals surface area contributed by atoms with Crippen molar-refractivity contribution in [2.24, 2.45) is 0 Å². The van der Waals surface area contributed by atoms with Gasteiger partial charge < -0.3 is 24.5 Å². The van der Waals surface area contributed by atoms with Gasteiger partial charge in [-0.3, -0.25) is 4.79 Å². The molecule has 0 saturated heterocycles. The van der Waals surface area contributed by atoms with Gasteiger partial charge in [0, 0.05) is 35.6 Å². The Morgan fingerprint density at radius 3 is 2.48 bits per heavy atom. The number of carbonyl (C=O) groups is 1. The summed E-state index contributed by atoms with van der Waals surface area (Å²) >= 11 is 0. The number of hydrogen-bond donors (Lipinski definition) is 2. The SMILES string of the molecule is COc1ccc(CNC(=O)CCc2c[nH]c3ccccc23)c(OC)c1OC. The summed E-state index contributed by atoms with van der Waals surface area (Å²) in [5.41, 5.74) is 3.06. The van der Waals surface area contributed by atoms with Gasteiger partial charge in [-0.2, -0.15) is 0 Å². The van der Waals surface area contributed by atoms with Gasteiger partial charge in [0.05, 0.1) is 21.3 Å². The molecule has 0 fully saturated rings. The molecule has 0 aliphatic carbocycles. The second-order valence-corrected chi connectivity index (χ2v) is 6.13. The van der Waals surface area contributed by atoms with Gasteiger partial charge in [-0.15, -0.1) is 0 Å². The normalized spacial score (nSPS) is 10.6. The number of methoxy groups -OCH3 is 3. The van der Waals surface area contributed by atoms with Gasteiger partial charge in [-0.1, -0.05) is 18.2 Å². The number of nitrogens with one attached hydrogen (secondary N) is 2. The van der Waals surface area contributed by atoms with Crippen molar-refractivity contribution in [3.8, 4) is 17.2 Å². The highest BCUT2D eigenvalue weighted by Crippen LogP contribution is 2.39. The van der Waals surface area contributed by atoms with Crippen molar-refractivity contribution in [1.29, 1.82) is 0 Å². The zero-order chi connectivity index (χ0) is 19.2. The second kappa shape index (κ2) is 8.49. The number of H-pyrrole nitrogens is 1. The fourth-order valence-corrected chi connectivity index (χ4v) is 3.17. The van der Waals surface area contributed by atoms with E-state index in [0.717, 1.165) is 22.0 Å². The average molecular weight is 368 g/mol. The van der Waals surface area contributed by atoms with E-state index in [0.29, 0.717) is 36.6 Å². The molecule has 0 aliphatic rings. The van der Waals surface area contributed by atoms with Gasteiger partial charge in [-0.25, -0.2) is 0 Å². The predicted octanol–water partition coefficient (Wildman–Crippen LogP) is 3.44. The number of rotatable bonds is 8. The van der Waals surface area contributed by atoms with Gasteiger partial charge in [0.1, 0.15) is 0 Å². The summed E-state index contributed by atoms with van der Waals surface area (Å²) in [6, 6.07) is 11.7. The third-order valence-electron chi connectivity index (χ3n) is 4.56. The maximum atomic E-state index is 12.3. The summed E-state index contributed by atoms with van der Waals surface area (Å²) in [6.45, 7) is 0.357. The smallest absolute Gasteiger partial charge is 0.220 e. The number of ether oxygens (including phenoxy) is 3. The molecular weight excluding hydrogens is 344 g/mol. The minimum Gasteiger partial charge on any atom is -0.493 e. The lowest BCUT2D eigenvalue weighted by Crippen LogP contribution is -2.23. The molecule has 1 heterocycles. The van der Waals surface area contributed by atoms with Crippen molar-refractivity contribution in [1.82, 2.24) is 10.3 Å². The van der Waals surface area contributed by atoms with Crippen molar-refractivity contribution >= 4 is 16.8 Å². The van der Waals surface area contributed by atoms with Crippen molar-refractivity contribution in [2.75, 3.05) is 21.3 Å². The van der Waals surface area contributed by atoms with E-state index in [1.54, 1.807) is 27.4 Å². The Morgan fingerprint density at radius 1 is 0.963 bits per heavy atom. The van der Waals surface area contributed by atoms with Crippen LogP contribution in [0.1, 0.15) is 17.5 Å². The molecule has 0 saturated carbocycles. The van der Waals surface area contributed by atoms with Crippen LogP contribution < -0.4 is 19.5 Å². The number of carbonyl (C=O) groups excluding carboxylic acids is 1. The molecule has 3 rings (SSSR count). The molecule has 27 heavy (non-hydrogen) atoms. The second-order valence-electron chi connectivity index (χ2n) is 6.13. The lowest BCUT2D eigenvalue weighted by Gasteiger charge is -2.16. The Labute approximate surface area is 158 Å². The van der Waals surface area contributed by atoms with Crippen LogP contribution in [0.25, 0.3) is 10.9 Å². The quantitative estimate of drug-likeness (QED) is 0.639. The highest BCUT2D eigenvalue weighted by atomic mass is 16.5. The molecule has 3 aromatic rings. The highest BCUT2D eigenvalue weighted by molar-refractivity contribution is 5.84. The van der Waals surface area contributed by atoms with Crippen LogP contribution in [0.4, 0.5) is 0 Å². The molecule has 2 aromatic carbocycles. The molecule has 0 spiro atoms. The van der Waals surface area contributed by atoms with Crippen molar-refractivity contribution in [3.63, 3.8) is 0 Å². The van der Waals surface area contributed by atoms with Crippen LogP contribution in [-0.2, 0) is 17.8 Å². The lowest BCUT2D eigenvalue weighted by atomic mass is 10.1. The minimum absolute atomic E-state index is 0.0166. The van der Waals surface area contributed by atoms with Crippen LogP contribution in [0, 0.1) is 0 Å². The van der Waals surface area contributed by atoms with E-state index < -0.39 is 0 Å². The number of para-hydroxylation sites is 1. The zero-order valence-electron chi connectivity index (χ0n) is 15.8. The summed E-state index contributed by atoms with van der Waals surface area (Å²) in [4.78, 5) is 15.5. The van der Waals surface area contributed by atoms with Crippen LogP contribution in [0.15, 0.2) is 42.6 Å². The Bertz CT molecular complexity index is 933.